The number of hydrogen-bond acceptors (Lipinski definition) is 9. The van der Waals surface area contributed by atoms with Gasteiger partial charge in [-0.3, -0.25) is 9.36 Å². The zero-order valence-corrected chi connectivity index (χ0v) is 31.7. The molecule has 0 N–H and O–H groups in total. The SMILES string of the molecule is CCOC(=O)C1=C(C)N=c2s/c(=C\c3cc(I)cc(I)c3OCc3ccc(C#N)cc3)c(=O)n2[C@H]1c1cc(OC)c(OC)cc1Br. The highest BCUT2D eigenvalue weighted by molar-refractivity contribution is 14.1. The van der Waals surface area contributed by atoms with Crippen LogP contribution in [0.5, 0.6) is 17.2 Å². The quantitative estimate of drug-likeness (QED) is 0.145. The minimum absolute atomic E-state index is 0.163. The van der Waals surface area contributed by atoms with Gasteiger partial charge in [0.1, 0.15) is 12.4 Å². The number of fused-ring (bicyclic) bond motifs is 1. The number of benzene rings is 3. The summed E-state index contributed by atoms with van der Waals surface area (Å²) in [5.74, 6) is 0.998. The Morgan fingerprint density at radius 3 is 2.48 bits per heavy atom. The largest absolute Gasteiger partial charge is 0.493 e. The minimum Gasteiger partial charge on any atom is -0.493 e. The smallest absolute Gasteiger partial charge is 0.338 e. The van der Waals surface area contributed by atoms with Crippen LogP contribution in [0, 0.1) is 18.5 Å². The molecule has 1 atom stereocenters. The lowest BCUT2D eigenvalue weighted by Gasteiger charge is -2.26. The van der Waals surface area contributed by atoms with Crippen LogP contribution in [0.2, 0.25) is 0 Å². The Bertz CT molecular complexity index is 2100. The van der Waals surface area contributed by atoms with E-state index in [1.165, 1.54) is 30.1 Å². The van der Waals surface area contributed by atoms with Crippen LogP contribution in [-0.4, -0.2) is 31.4 Å². The summed E-state index contributed by atoms with van der Waals surface area (Å²) in [6.07, 6.45) is 1.80. The van der Waals surface area contributed by atoms with Crippen LogP contribution in [0.25, 0.3) is 6.08 Å². The van der Waals surface area contributed by atoms with Crippen molar-refractivity contribution in [3.05, 3.63) is 113 Å². The molecule has 236 valence electrons. The minimum atomic E-state index is -0.852. The van der Waals surface area contributed by atoms with E-state index in [2.05, 4.69) is 67.2 Å². The van der Waals surface area contributed by atoms with Gasteiger partial charge < -0.3 is 18.9 Å². The molecule has 1 aromatic heterocycles. The zero-order chi connectivity index (χ0) is 33.1. The summed E-state index contributed by atoms with van der Waals surface area (Å²) in [5, 5.41) is 9.12. The molecule has 0 saturated carbocycles. The Labute approximate surface area is 304 Å². The van der Waals surface area contributed by atoms with Crippen molar-refractivity contribution < 1.29 is 23.7 Å². The Morgan fingerprint density at radius 1 is 1.13 bits per heavy atom. The maximum absolute atomic E-state index is 14.3. The normalized spacial score (nSPS) is 14.3. The van der Waals surface area contributed by atoms with Crippen molar-refractivity contribution in [1.29, 1.82) is 5.26 Å². The molecule has 4 aromatic rings. The number of allylic oxidation sites excluding steroid dienone is 1. The lowest BCUT2D eigenvalue weighted by Crippen LogP contribution is -2.40. The molecule has 13 heteroatoms. The van der Waals surface area contributed by atoms with E-state index in [1.54, 1.807) is 44.2 Å². The fraction of sp³-hybridized carbons (Fsp3) is 0.212. The number of methoxy groups -OCH3 is 2. The van der Waals surface area contributed by atoms with Gasteiger partial charge in [0, 0.05) is 13.6 Å². The molecule has 46 heavy (non-hydrogen) atoms. The molecule has 0 fully saturated rings. The van der Waals surface area contributed by atoms with Gasteiger partial charge in [0.15, 0.2) is 16.3 Å². The van der Waals surface area contributed by atoms with Gasteiger partial charge in [-0.15, -0.1) is 0 Å². The van der Waals surface area contributed by atoms with Crippen molar-refractivity contribution in [3.63, 3.8) is 0 Å². The van der Waals surface area contributed by atoms with Crippen molar-refractivity contribution in [2.45, 2.75) is 26.5 Å². The van der Waals surface area contributed by atoms with Crippen molar-refractivity contribution >= 4 is 84.5 Å². The highest BCUT2D eigenvalue weighted by atomic mass is 127. The number of thiazole rings is 1. The topological polar surface area (TPSA) is 112 Å². The molecular weight excluding hydrogens is 900 g/mol. The summed E-state index contributed by atoms with van der Waals surface area (Å²) in [7, 11) is 3.06. The van der Waals surface area contributed by atoms with E-state index in [-0.39, 0.29) is 24.3 Å². The van der Waals surface area contributed by atoms with Crippen molar-refractivity contribution in [3.8, 4) is 23.3 Å². The first kappa shape index (κ1) is 34.1. The molecule has 2 heterocycles. The number of ether oxygens (including phenoxy) is 4. The number of esters is 1. The van der Waals surface area contributed by atoms with E-state index in [0.29, 0.717) is 47.9 Å². The van der Waals surface area contributed by atoms with E-state index in [9.17, 15) is 9.59 Å². The number of halogens is 3. The number of nitriles is 1. The van der Waals surface area contributed by atoms with E-state index < -0.39 is 12.0 Å². The Morgan fingerprint density at radius 2 is 1.83 bits per heavy atom. The van der Waals surface area contributed by atoms with Gasteiger partial charge >= 0.3 is 5.97 Å². The van der Waals surface area contributed by atoms with E-state index in [0.717, 1.165) is 18.3 Å². The van der Waals surface area contributed by atoms with E-state index in [1.807, 2.05) is 24.3 Å². The number of carbonyl (C=O) groups excluding carboxylic acids is 1. The van der Waals surface area contributed by atoms with Gasteiger partial charge in [0.25, 0.3) is 5.56 Å². The summed E-state index contributed by atoms with van der Waals surface area (Å²) in [6, 6.07) is 15.9. The molecule has 0 saturated heterocycles. The predicted octanol–water partition coefficient (Wildman–Crippen LogP) is 6.24. The molecule has 0 spiro atoms. The standard InChI is InChI=1S/C33H26BrI2N3O6S/c1-5-44-32(41)28-17(2)38-33-39(29(28)22-13-25(42-3)26(43-4)14-23(22)34)31(40)27(46-33)11-20-10-21(35)12-24(36)30(20)45-16-19-8-6-18(15-37)7-9-19/h6-14,29H,5,16H2,1-4H3/b27-11-/t29-/m0/s1. The number of aromatic nitrogens is 1. The first-order valence-corrected chi connectivity index (χ1v) is 17.6. The monoisotopic (exact) mass is 925 g/mol. The number of carbonyl (C=O) groups is 1. The molecule has 1 aliphatic rings. The zero-order valence-electron chi connectivity index (χ0n) is 25.0. The third-order valence-corrected chi connectivity index (χ3v) is 10.2. The van der Waals surface area contributed by atoms with Crippen LogP contribution in [0.4, 0.5) is 0 Å². The Kier molecular flexibility index (Phi) is 10.9. The lowest BCUT2D eigenvalue weighted by molar-refractivity contribution is -0.139. The summed E-state index contributed by atoms with van der Waals surface area (Å²) < 4.78 is 27.2. The Hall–Kier alpha value is -3.20. The van der Waals surface area contributed by atoms with Crippen LogP contribution in [0.15, 0.2) is 74.1 Å². The molecule has 0 unspecified atom stereocenters. The maximum atomic E-state index is 14.3. The summed E-state index contributed by atoms with van der Waals surface area (Å²) in [6.45, 7) is 3.91. The van der Waals surface area contributed by atoms with Crippen LogP contribution in [0.1, 0.15) is 42.1 Å². The molecule has 0 aliphatic carbocycles. The second kappa shape index (κ2) is 14.7. The molecule has 5 rings (SSSR count). The van der Waals surface area contributed by atoms with Crippen LogP contribution >= 0.6 is 72.4 Å². The average Bonchev–Trinajstić information content (AvgIpc) is 3.33. The summed E-state index contributed by atoms with van der Waals surface area (Å²) in [5.41, 5.74) is 3.19. The maximum Gasteiger partial charge on any atom is 0.338 e. The molecule has 9 nitrogen and oxygen atoms in total. The third kappa shape index (κ3) is 6.90. The van der Waals surface area contributed by atoms with Crippen molar-refractivity contribution in [1.82, 2.24) is 4.57 Å². The molecule has 1 aliphatic heterocycles. The van der Waals surface area contributed by atoms with E-state index in [4.69, 9.17) is 29.2 Å². The molecule has 0 radical (unpaired) electrons. The predicted molar refractivity (Wildman–Crippen MR) is 195 cm³/mol. The van der Waals surface area contributed by atoms with Gasteiger partial charge in [-0.2, -0.15) is 5.26 Å². The Balaban J connectivity index is 1.67. The average molecular weight is 926 g/mol. The van der Waals surface area contributed by atoms with Crippen molar-refractivity contribution in [2.75, 3.05) is 20.8 Å². The third-order valence-electron chi connectivity index (χ3n) is 7.10. The van der Waals surface area contributed by atoms with Gasteiger partial charge in [-0.1, -0.05) is 39.4 Å². The van der Waals surface area contributed by atoms with Gasteiger partial charge in [-0.05, 0) is 113 Å². The van der Waals surface area contributed by atoms with Crippen LogP contribution in [-0.2, 0) is 16.1 Å². The second-order valence-corrected chi connectivity index (χ2v) is 14.2. The fourth-order valence-corrected chi connectivity index (χ4v) is 8.60. The second-order valence-electron chi connectivity index (χ2n) is 9.93. The van der Waals surface area contributed by atoms with E-state index >= 15 is 0 Å². The number of nitrogens with zero attached hydrogens (tertiary/aromatic N) is 3. The summed E-state index contributed by atoms with van der Waals surface area (Å²) >= 11 is 9.32. The first-order valence-electron chi connectivity index (χ1n) is 13.8. The summed E-state index contributed by atoms with van der Waals surface area (Å²) in [4.78, 5) is 32.8. The highest BCUT2D eigenvalue weighted by Gasteiger charge is 2.35. The number of rotatable bonds is 9. The van der Waals surface area contributed by atoms with Gasteiger partial charge in [0.05, 0.1) is 57.9 Å². The fourth-order valence-electron chi connectivity index (χ4n) is 4.98. The molecule has 3 aromatic carbocycles. The first-order chi connectivity index (χ1) is 22.1. The highest BCUT2D eigenvalue weighted by Crippen LogP contribution is 2.41. The van der Waals surface area contributed by atoms with Crippen LogP contribution < -0.4 is 29.1 Å². The molecule has 0 amide bonds. The molecule has 0 bridgehead atoms. The lowest BCUT2D eigenvalue weighted by atomic mass is 9.95. The number of hydrogen-bond donors (Lipinski definition) is 0. The van der Waals surface area contributed by atoms with Gasteiger partial charge in [-0.25, -0.2) is 9.79 Å². The van der Waals surface area contributed by atoms with Crippen LogP contribution in [0.3, 0.4) is 0 Å². The van der Waals surface area contributed by atoms with Crippen molar-refractivity contribution in [2.24, 2.45) is 4.99 Å². The molecular formula is C33H26BrI2N3O6S. The van der Waals surface area contributed by atoms with Gasteiger partial charge in [0.2, 0.25) is 0 Å².